The molecule has 0 saturated heterocycles. The number of para-hydroxylation sites is 3. The summed E-state index contributed by atoms with van der Waals surface area (Å²) in [6.07, 6.45) is 1.71. The van der Waals surface area contributed by atoms with Crippen molar-refractivity contribution < 1.29 is 0 Å². The Morgan fingerprint density at radius 3 is 1.70 bits per heavy atom. The second-order valence-electron chi connectivity index (χ2n) is 16.1. The molecule has 0 spiro atoms. The highest BCUT2D eigenvalue weighted by Crippen LogP contribution is 2.42. The standard InChI is InChI=1S/C56H36N4/c1-8-20-46-35(13-1)26-30-53-54(46)48-34-37(27-29-51(48)59(53)56-58-49-22-10-9-21-47(49)55-57-50-23-11-12-24-52(50)60(55)56)36-25-28-45-41(31-36)33-40-16-4-6-18-43(40)42-17-5-2-14-38(42)32-39-15-3-7-19-44(39)45/h1-31,34H,32-33H2. The minimum Gasteiger partial charge on any atom is -0.279 e. The van der Waals surface area contributed by atoms with Gasteiger partial charge in [-0.2, -0.15) is 0 Å². The van der Waals surface area contributed by atoms with E-state index in [1.807, 2.05) is 0 Å². The minimum atomic E-state index is 0.826. The lowest BCUT2D eigenvalue weighted by molar-refractivity contribution is 0.980. The fourth-order valence-corrected chi connectivity index (χ4v) is 10.1. The van der Waals surface area contributed by atoms with E-state index in [0.29, 0.717) is 0 Å². The third-order valence-corrected chi connectivity index (χ3v) is 12.8. The van der Waals surface area contributed by atoms with Gasteiger partial charge >= 0.3 is 0 Å². The van der Waals surface area contributed by atoms with Crippen molar-refractivity contribution in [3.05, 3.63) is 216 Å². The molecule has 1 aliphatic rings. The summed E-state index contributed by atoms with van der Waals surface area (Å²) in [5.74, 6) is 0.826. The van der Waals surface area contributed by atoms with Crippen molar-refractivity contribution in [1.82, 2.24) is 18.9 Å². The molecule has 3 heterocycles. The average Bonchev–Trinajstić information content (AvgIpc) is 3.86. The van der Waals surface area contributed by atoms with Gasteiger partial charge in [-0.3, -0.25) is 8.97 Å². The summed E-state index contributed by atoms with van der Waals surface area (Å²) >= 11 is 0. The molecule has 0 aliphatic heterocycles. The van der Waals surface area contributed by atoms with Crippen molar-refractivity contribution in [1.29, 1.82) is 0 Å². The normalized spacial score (nSPS) is 12.5. The lowest BCUT2D eigenvalue weighted by atomic mass is 9.83. The molecule has 0 fully saturated rings. The van der Waals surface area contributed by atoms with Gasteiger partial charge in [0.1, 0.15) is 5.65 Å². The zero-order chi connectivity index (χ0) is 39.3. The molecule has 0 radical (unpaired) electrons. The number of fused-ring (bicyclic) bond motifs is 16. The van der Waals surface area contributed by atoms with Gasteiger partial charge in [-0.15, -0.1) is 0 Å². The number of hydrogen-bond acceptors (Lipinski definition) is 2. The number of rotatable bonds is 2. The first-order valence-corrected chi connectivity index (χ1v) is 20.8. The van der Waals surface area contributed by atoms with Gasteiger partial charge in [0, 0.05) is 16.2 Å². The van der Waals surface area contributed by atoms with Crippen molar-refractivity contribution >= 4 is 60.2 Å². The van der Waals surface area contributed by atoms with Gasteiger partial charge in [-0.1, -0.05) is 152 Å². The van der Waals surface area contributed by atoms with E-state index in [-0.39, 0.29) is 0 Å². The Bertz CT molecular complexity index is 3740. The van der Waals surface area contributed by atoms with Gasteiger partial charge in [0.15, 0.2) is 0 Å². The molecule has 9 aromatic carbocycles. The number of aromatic nitrogens is 4. The van der Waals surface area contributed by atoms with E-state index in [2.05, 4.69) is 203 Å². The summed E-state index contributed by atoms with van der Waals surface area (Å²) in [6.45, 7) is 0. The minimum absolute atomic E-state index is 0.826. The van der Waals surface area contributed by atoms with Crippen LogP contribution in [-0.4, -0.2) is 18.9 Å². The molecule has 280 valence electrons. The molecule has 1 aliphatic carbocycles. The summed E-state index contributed by atoms with van der Waals surface area (Å²) in [4.78, 5) is 10.6. The zero-order valence-corrected chi connectivity index (χ0v) is 32.7. The number of benzene rings is 9. The molecule has 0 amide bonds. The van der Waals surface area contributed by atoms with E-state index < -0.39 is 0 Å². The first-order valence-electron chi connectivity index (χ1n) is 20.8. The van der Waals surface area contributed by atoms with Crippen LogP contribution in [0.2, 0.25) is 0 Å². The summed E-state index contributed by atoms with van der Waals surface area (Å²) in [7, 11) is 0. The Kier molecular flexibility index (Phi) is 7.10. The predicted octanol–water partition coefficient (Wildman–Crippen LogP) is 13.8. The Hall–Kier alpha value is -7.82. The van der Waals surface area contributed by atoms with E-state index in [1.54, 1.807) is 0 Å². The van der Waals surface area contributed by atoms with Crippen LogP contribution in [0.1, 0.15) is 22.3 Å². The Morgan fingerprint density at radius 2 is 0.933 bits per heavy atom. The third kappa shape index (κ3) is 4.91. The van der Waals surface area contributed by atoms with Crippen molar-refractivity contribution in [2.75, 3.05) is 0 Å². The van der Waals surface area contributed by atoms with Gasteiger partial charge in [0.2, 0.25) is 5.95 Å². The molecule has 0 saturated carbocycles. The average molecular weight is 765 g/mol. The topological polar surface area (TPSA) is 35.1 Å². The van der Waals surface area contributed by atoms with Crippen LogP contribution < -0.4 is 0 Å². The second-order valence-corrected chi connectivity index (χ2v) is 16.1. The SMILES string of the molecule is c1ccc2c(c1)Cc1ccccc1-c1ccc(-c3ccc4c(c3)c3c5ccccc5ccc3n4-c3nc4ccccc4c4nc5ccccc5n34)cc1Cc1ccccc1-2. The molecule has 0 bridgehead atoms. The van der Waals surface area contributed by atoms with E-state index in [4.69, 9.17) is 9.97 Å². The molecule has 13 rings (SSSR count). The van der Waals surface area contributed by atoms with Crippen LogP contribution in [0.5, 0.6) is 0 Å². The van der Waals surface area contributed by atoms with Crippen molar-refractivity contribution in [2.24, 2.45) is 0 Å². The van der Waals surface area contributed by atoms with Crippen LogP contribution in [-0.2, 0) is 12.8 Å². The molecule has 4 heteroatoms. The molecule has 0 unspecified atom stereocenters. The first-order chi connectivity index (χ1) is 29.7. The van der Waals surface area contributed by atoms with Crippen LogP contribution >= 0.6 is 0 Å². The van der Waals surface area contributed by atoms with E-state index in [1.165, 1.54) is 77.2 Å². The zero-order valence-electron chi connectivity index (χ0n) is 32.7. The predicted molar refractivity (Wildman–Crippen MR) is 248 cm³/mol. The fraction of sp³-hybridized carbons (Fsp3) is 0.0357. The van der Waals surface area contributed by atoms with Crippen molar-refractivity contribution in [3.63, 3.8) is 0 Å². The van der Waals surface area contributed by atoms with Gasteiger partial charge in [0.25, 0.3) is 0 Å². The van der Waals surface area contributed by atoms with Gasteiger partial charge in [-0.25, -0.2) is 9.97 Å². The van der Waals surface area contributed by atoms with E-state index in [9.17, 15) is 0 Å². The van der Waals surface area contributed by atoms with Crippen LogP contribution in [0.4, 0.5) is 0 Å². The maximum atomic E-state index is 5.45. The van der Waals surface area contributed by atoms with Crippen LogP contribution in [0.25, 0.3) is 99.5 Å². The van der Waals surface area contributed by atoms with Crippen LogP contribution in [0, 0.1) is 0 Å². The molecule has 12 aromatic rings. The highest BCUT2D eigenvalue weighted by molar-refractivity contribution is 6.22. The molecule has 60 heavy (non-hydrogen) atoms. The molecule has 0 atom stereocenters. The van der Waals surface area contributed by atoms with Gasteiger partial charge in [0.05, 0.1) is 27.6 Å². The van der Waals surface area contributed by atoms with Gasteiger partial charge in [-0.05, 0) is 122 Å². The van der Waals surface area contributed by atoms with Crippen LogP contribution in [0.3, 0.4) is 0 Å². The lowest BCUT2D eigenvalue weighted by Crippen LogP contribution is -2.06. The number of hydrogen-bond donors (Lipinski definition) is 0. The quantitative estimate of drug-likeness (QED) is 0.176. The second kappa shape index (κ2) is 12.8. The highest BCUT2D eigenvalue weighted by atomic mass is 15.2. The van der Waals surface area contributed by atoms with Crippen LogP contribution in [0.15, 0.2) is 194 Å². The summed E-state index contributed by atoms with van der Waals surface area (Å²) in [5.41, 5.74) is 19.0. The number of nitrogens with zero attached hydrogens (tertiary/aromatic N) is 4. The lowest BCUT2D eigenvalue weighted by Gasteiger charge is -2.21. The van der Waals surface area contributed by atoms with Gasteiger partial charge < -0.3 is 0 Å². The maximum absolute atomic E-state index is 5.45. The smallest absolute Gasteiger partial charge is 0.221 e. The molecule has 0 N–H and O–H groups in total. The third-order valence-electron chi connectivity index (χ3n) is 12.8. The Labute approximate surface area is 346 Å². The summed E-state index contributed by atoms with van der Waals surface area (Å²) in [6, 6.07) is 71.0. The Morgan fingerprint density at radius 1 is 0.367 bits per heavy atom. The fourth-order valence-electron chi connectivity index (χ4n) is 10.1. The molecule has 3 aromatic heterocycles. The van der Waals surface area contributed by atoms with E-state index >= 15 is 0 Å². The molecular weight excluding hydrogens is 729 g/mol. The summed E-state index contributed by atoms with van der Waals surface area (Å²) < 4.78 is 4.60. The summed E-state index contributed by atoms with van der Waals surface area (Å²) in [5, 5.41) is 5.89. The first kappa shape index (κ1) is 33.2. The van der Waals surface area contributed by atoms with Crippen molar-refractivity contribution in [3.8, 4) is 39.3 Å². The maximum Gasteiger partial charge on any atom is 0.221 e. The van der Waals surface area contributed by atoms with E-state index in [0.717, 1.165) is 57.4 Å². The highest BCUT2D eigenvalue weighted by Gasteiger charge is 2.23. The monoisotopic (exact) mass is 764 g/mol. The molecular formula is C56H36N4. The van der Waals surface area contributed by atoms with Crippen molar-refractivity contribution in [2.45, 2.75) is 12.8 Å². The molecule has 4 nitrogen and oxygen atoms in total. The number of imidazole rings is 1. The Balaban J connectivity index is 1.06. The largest absolute Gasteiger partial charge is 0.279 e.